The molecule has 0 spiro atoms. The maximum absolute atomic E-state index is 9.60. The highest BCUT2D eigenvalue weighted by Gasteiger charge is 2.33. The highest BCUT2D eigenvalue weighted by atomic mass is 16.5. The number of hydrogen-bond donors (Lipinski definition) is 2. The summed E-state index contributed by atoms with van der Waals surface area (Å²) in [5.41, 5.74) is 14.2. The van der Waals surface area contributed by atoms with Crippen LogP contribution in [0.1, 0.15) is 17.0 Å². The van der Waals surface area contributed by atoms with Crippen LogP contribution in [0.15, 0.2) is 47.9 Å². The first-order valence-corrected chi connectivity index (χ1v) is 7.28. The number of rotatable bonds is 3. The lowest BCUT2D eigenvalue weighted by Crippen LogP contribution is -2.21. The third kappa shape index (κ3) is 2.36. The van der Waals surface area contributed by atoms with Crippen molar-refractivity contribution in [3.63, 3.8) is 0 Å². The zero-order valence-electron chi connectivity index (χ0n) is 13.4. The van der Waals surface area contributed by atoms with Gasteiger partial charge in [0.15, 0.2) is 11.5 Å². The Hall–Kier alpha value is -3.33. The maximum atomic E-state index is 9.60. The minimum absolute atomic E-state index is 0.0606. The molecule has 0 unspecified atom stereocenters. The first-order valence-electron chi connectivity index (χ1n) is 7.28. The Kier molecular flexibility index (Phi) is 3.92. The molecule has 1 aliphatic rings. The smallest absolute Gasteiger partial charge is 0.205 e. The van der Waals surface area contributed by atoms with Crippen LogP contribution in [0.4, 0.5) is 5.69 Å². The van der Waals surface area contributed by atoms with E-state index in [0.29, 0.717) is 28.5 Å². The van der Waals surface area contributed by atoms with E-state index in [4.69, 9.17) is 25.7 Å². The molecule has 6 nitrogen and oxygen atoms in total. The molecule has 1 aliphatic heterocycles. The van der Waals surface area contributed by atoms with E-state index in [-0.39, 0.29) is 5.88 Å². The first-order chi connectivity index (χ1) is 11.6. The van der Waals surface area contributed by atoms with Crippen LogP contribution >= 0.6 is 0 Å². The van der Waals surface area contributed by atoms with E-state index in [1.54, 1.807) is 32.4 Å². The molecule has 0 amide bonds. The predicted molar refractivity (Wildman–Crippen MR) is 89.7 cm³/mol. The molecule has 0 radical (unpaired) electrons. The fourth-order valence-electron chi connectivity index (χ4n) is 2.93. The highest BCUT2D eigenvalue weighted by Crippen LogP contribution is 2.47. The molecular formula is C18H17N3O3. The van der Waals surface area contributed by atoms with Crippen molar-refractivity contribution in [2.24, 2.45) is 5.73 Å². The second kappa shape index (κ2) is 6.05. The minimum Gasteiger partial charge on any atom is -0.493 e. The number of anilines is 1. The number of benzene rings is 2. The van der Waals surface area contributed by atoms with Gasteiger partial charge in [0.25, 0.3) is 0 Å². The number of methoxy groups -OCH3 is 2. The molecule has 4 N–H and O–H groups in total. The van der Waals surface area contributed by atoms with Crippen LogP contribution in [0.25, 0.3) is 0 Å². The van der Waals surface area contributed by atoms with Crippen LogP contribution in [-0.4, -0.2) is 14.2 Å². The van der Waals surface area contributed by atoms with Gasteiger partial charge in [0.05, 0.1) is 20.1 Å². The largest absolute Gasteiger partial charge is 0.493 e. The number of nitrogen functional groups attached to an aromatic ring is 1. The number of nitrogens with two attached hydrogens (primary N) is 2. The lowest BCUT2D eigenvalue weighted by molar-refractivity contribution is 0.349. The maximum Gasteiger partial charge on any atom is 0.205 e. The van der Waals surface area contributed by atoms with Gasteiger partial charge in [-0.25, -0.2) is 0 Å². The SMILES string of the molecule is COc1cccc([C@@H]2C(C#N)=C(N)Oc3cc(N)ccc32)c1OC. The topological polar surface area (TPSA) is 104 Å². The summed E-state index contributed by atoms with van der Waals surface area (Å²) in [6, 6.07) is 12.9. The Bertz CT molecular complexity index is 868. The molecule has 0 aliphatic carbocycles. The Morgan fingerprint density at radius 2 is 1.88 bits per heavy atom. The molecule has 122 valence electrons. The van der Waals surface area contributed by atoms with Gasteiger partial charge < -0.3 is 25.7 Å². The van der Waals surface area contributed by atoms with Crippen LogP contribution in [0.3, 0.4) is 0 Å². The molecule has 1 atom stereocenters. The van der Waals surface area contributed by atoms with Gasteiger partial charge in [-0.15, -0.1) is 0 Å². The first kappa shape index (κ1) is 15.6. The fraction of sp³-hybridized carbons (Fsp3) is 0.167. The summed E-state index contributed by atoms with van der Waals surface area (Å²) in [6.07, 6.45) is 0. The summed E-state index contributed by atoms with van der Waals surface area (Å²) < 4.78 is 16.5. The predicted octanol–water partition coefficient (Wildman–Crippen LogP) is 2.50. The molecule has 3 rings (SSSR count). The van der Waals surface area contributed by atoms with E-state index >= 15 is 0 Å². The van der Waals surface area contributed by atoms with Gasteiger partial charge in [0.1, 0.15) is 17.4 Å². The van der Waals surface area contributed by atoms with Gasteiger partial charge in [-0.2, -0.15) is 5.26 Å². The molecule has 2 aromatic rings. The molecule has 0 bridgehead atoms. The monoisotopic (exact) mass is 323 g/mol. The number of nitrogens with zero attached hydrogens (tertiary/aromatic N) is 1. The van der Waals surface area contributed by atoms with E-state index in [0.717, 1.165) is 11.1 Å². The second-order valence-corrected chi connectivity index (χ2v) is 5.30. The van der Waals surface area contributed by atoms with Crippen molar-refractivity contribution in [1.82, 2.24) is 0 Å². The van der Waals surface area contributed by atoms with Crippen LogP contribution in [0.2, 0.25) is 0 Å². The molecule has 24 heavy (non-hydrogen) atoms. The summed E-state index contributed by atoms with van der Waals surface area (Å²) in [5.74, 6) is 1.29. The lowest BCUT2D eigenvalue weighted by Gasteiger charge is -2.28. The number of ether oxygens (including phenoxy) is 3. The summed E-state index contributed by atoms with van der Waals surface area (Å²) in [5, 5.41) is 9.60. The van der Waals surface area contributed by atoms with Crippen LogP contribution in [0, 0.1) is 11.3 Å². The van der Waals surface area contributed by atoms with E-state index in [1.807, 2.05) is 18.2 Å². The number of allylic oxidation sites excluding steroid dienone is 1. The van der Waals surface area contributed by atoms with Crippen molar-refractivity contribution in [3.8, 4) is 23.3 Å². The molecule has 0 saturated heterocycles. The quantitative estimate of drug-likeness (QED) is 0.841. The number of para-hydroxylation sites is 1. The zero-order chi connectivity index (χ0) is 17.3. The molecule has 0 saturated carbocycles. The highest BCUT2D eigenvalue weighted by molar-refractivity contribution is 5.63. The van der Waals surface area contributed by atoms with E-state index < -0.39 is 5.92 Å². The third-order valence-corrected chi connectivity index (χ3v) is 3.99. The zero-order valence-corrected chi connectivity index (χ0v) is 13.4. The van der Waals surface area contributed by atoms with E-state index in [9.17, 15) is 5.26 Å². The molecule has 6 heteroatoms. The number of hydrogen-bond acceptors (Lipinski definition) is 6. The average molecular weight is 323 g/mol. The fourth-order valence-corrected chi connectivity index (χ4v) is 2.93. The lowest BCUT2D eigenvalue weighted by atomic mass is 9.83. The molecule has 1 heterocycles. The molecule has 2 aromatic carbocycles. The average Bonchev–Trinajstić information content (AvgIpc) is 2.59. The van der Waals surface area contributed by atoms with Gasteiger partial charge in [0, 0.05) is 22.9 Å². The van der Waals surface area contributed by atoms with Crippen LogP contribution in [-0.2, 0) is 0 Å². The van der Waals surface area contributed by atoms with Gasteiger partial charge in [-0.1, -0.05) is 18.2 Å². The van der Waals surface area contributed by atoms with Crippen LogP contribution < -0.4 is 25.7 Å². The van der Waals surface area contributed by atoms with Crippen molar-refractivity contribution in [1.29, 1.82) is 5.26 Å². The Labute approximate surface area is 139 Å². The summed E-state index contributed by atoms with van der Waals surface area (Å²) in [4.78, 5) is 0. The summed E-state index contributed by atoms with van der Waals surface area (Å²) in [7, 11) is 3.12. The van der Waals surface area contributed by atoms with Gasteiger partial charge in [-0.3, -0.25) is 0 Å². The van der Waals surface area contributed by atoms with Gasteiger partial charge >= 0.3 is 0 Å². The third-order valence-electron chi connectivity index (χ3n) is 3.99. The summed E-state index contributed by atoms with van der Waals surface area (Å²) in [6.45, 7) is 0. The Balaban J connectivity index is 2.29. The van der Waals surface area contributed by atoms with Crippen molar-refractivity contribution in [2.45, 2.75) is 5.92 Å². The molecular weight excluding hydrogens is 306 g/mol. The molecule has 0 fully saturated rings. The van der Waals surface area contributed by atoms with Crippen molar-refractivity contribution < 1.29 is 14.2 Å². The van der Waals surface area contributed by atoms with Crippen molar-refractivity contribution >= 4 is 5.69 Å². The van der Waals surface area contributed by atoms with E-state index in [1.165, 1.54) is 0 Å². The molecule has 0 aromatic heterocycles. The Morgan fingerprint density at radius 3 is 2.54 bits per heavy atom. The number of fused-ring (bicyclic) bond motifs is 1. The van der Waals surface area contributed by atoms with Gasteiger partial charge in [0.2, 0.25) is 5.88 Å². The van der Waals surface area contributed by atoms with Crippen molar-refractivity contribution in [2.75, 3.05) is 20.0 Å². The van der Waals surface area contributed by atoms with Crippen molar-refractivity contribution in [3.05, 3.63) is 59.0 Å². The van der Waals surface area contributed by atoms with E-state index in [2.05, 4.69) is 6.07 Å². The Morgan fingerprint density at radius 1 is 1.08 bits per heavy atom. The summed E-state index contributed by atoms with van der Waals surface area (Å²) >= 11 is 0. The van der Waals surface area contributed by atoms with Gasteiger partial charge in [-0.05, 0) is 12.1 Å². The number of nitriles is 1. The standard InChI is InChI=1S/C18H17N3O3/c1-22-14-5-3-4-12(17(14)23-2)16-11-7-6-10(20)8-15(11)24-18(21)13(16)9-19/h3-8,16H,20-21H2,1-2H3/t16-/m1/s1. The van der Waals surface area contributed by atoms with Crippen LogP contribution in [0.5, 0.6) is 17.2 Å². The minimum atomic E-state index is -0.426. The normalized spacial score (nSPS) is 16.0. The second-order valence-electron chi connectivity index (χ2n) is 5.30.